The molecule has 1 amide bonds. The van der Waals surface area contributed by atoms with E-state index < -0.39 is 0 Å². The number of carbonyl (C=O) groups excluding carboxylic acids is 1. The Morgan fingerprint density at radius 2 is 2.09 bits per heavy atom. The van der Waals surface area contributed by atoms with E-state index in [1.54, 1.807) is 29.6 Å². The van der Waals surface area contributed by atoms with Gasteiger partial charge in [0.1, 0.15) is 17.0 Å². The molecule has 3 aromatic rings. The van der Waals surface area contributed by atoms with Gasteiger partial charge >= 0.3 is 0 Å². The predicted octanol–water partition coefficient (Wildman–Crippen LogP) is 4.11. The number of ether oxygens (including phenoxy) is 1. The Morgan fingerprint density at radius 3 is 2.94 bits per heavy atom. The maximum Gasteiger partial charge on any atom is 0.226 e. The summed E-state index contributed by atoms with van der Waals surface area (Å²) < 4.78 is 5.81. The van der Waals surface area contributed by atoms with Crippen molar-refractivity contribution in [3.8, 4) is 0 Å². The Hall–Kier alpha value is -2.40. The molecule has 1 aromatic carbocycles. The van der Waals surface area contributed by atoms with E-state index in [1.165, 1.54) is 10.4 Å². The zero-order valence-corrected chi connectivity index (χ0v) is 20.2. The summed E-state index contributed by atoms with van der Waals surface area (Å²) in [6.07, 6.45) is 4.32. The monoisotopic (exact) mass is 482 g/mol. The highest BCUT2D eigenvalue weighted by molar-refractivity contribution is 7.98. The van der Waals surface area contributed by atoms with Crippen LogP contribution in [0, 0.1) is 5.92 Å². The fraction of sp³-hybridized carbons (Fsp3) is 0.435. The minimum atomic E-state index is 0.0289. The first-order chi connectivity index (χ1) is 16.0. The lowest BCUT2D eigenvalue weighted by atomic mass is 9.86. The Balaban J connectivity index is 1.26. The van der Waals surface area contributed by atoms with E-state index >= 15 is 0 Å². The van der Waals surface area contributed by atoms with Gasteiger partial charge in [0.15, 0.2) is 0 Å². The van der Waals surface area contributed by atoms with Crippen LogP contribution in [0.2, 0.25) is 0 Å². The normalized spacial score (nSPS) is 24.3. The van der Waals surface area contributed by atoms with Crippen LogP contribution in [0.4, 0.5) is 17.2 Å². The van der Waals surface area contributed by atoms with Crippen LogP contribution >= 0.6 is 23.3 Å². The van der Waals surface area contributed by atoms with Gasteiger partial charge in [-0.05, 0) is 68.8 Å². The van der Waals surface area contributed by atoms with Crippen molar-refractivity contribution in [2.75, 3.05) is 23.8 Å². The molecule has 0 spiro atoms. The van der Waals surface area contributed by atoms with Crippen molar-refractivity contribution < 1.29 is 9.53 Å². The number of nitrogens with one attached hydrogen (secondary N) is 3. The number of benzene rings is 1. The molecule has 1 aliphatic carbocycles. The predicted molar refractivity (Wildman–Crippen MR) is 132 cm³/mol. The van der Waals surface area contributed by atoms with Gasteiger partial charge in [-0.3, -0.25) is 4.79 Å². The molecule has 0 saturated carbocycles. The summed E-state index contributed by atoms with van der Waals surface area (Å²) in [4.78, 5) is 30.9. The zero-order chi connectivity index (χ0) is 22.5. The lowest BCUT2D eigenvalue weighted by molar-refractivity contribution is -0.147. The largest absolute Gasteiger partial charge is 0.372 e. The Kier molecular flexibility index (Phi) is 5.40. The summed E-state index contributed by atoms with van der Waals surface area (Å²) in [5.41, 5.74) is 6.49. The summed E-state index contributed by atoms with van der Waals surface area (Å²) in [5, 5.41) is 4.60. The van der Waals surface area contributed by atoms with E-state index in [2.05, 4.69) is 37.7 Å². The number of anilines is 3. The van der Waals surface area contributed by atoms with Crippen LogP contribution in [-0.2, 0) is 22.4 Å². The molecule has 10 heteroatoms. The van der Waals surface area contributed by atoms with Gasteiger partial charge < -0.3 is 20.4 Å². The number of hydrogen-bond donors (Lipinski definition) is 3. The molecule has 1 fully saturated rings. The molecule has 3 aliphatic rings. The Bertz CT molecular complexity index is 1220. The highest BCUT2D eigenvalue weighted by atomic mass is 32.2. The molecule has 172 valence electrons. The number of thiophene rings is 1. The van der Waals surface area contributed by atoms with Crippen molar-refractivity contribution in [2.24, 2.45) is 5.92 Å². The quantitative estimate of drug-likeness (QED) is 0.481. The van der Waals surface area contributed by atoms with Crippen LogP contribution in [0.5, 0.6) is 0 Å². The van der Waals surface area contributed by atoms with Gasteiger partial charge in [-0.2, -0.15) is 4.83 Å². The third-order valence-corrected chi connectivity index (χ3v) is 8.44. The number of aryl methyl sites for hydroxylation is 1. The van der Waals surface area contributed by atoms with Gasteiger partial charge in [-0.15, -0.1) is 11.3 Å². The second-order valence-electron chi connectivity index (χ2n) is 9.01. The molecule has 33 heavy (non-hydrogen) atoms. The van der Waals surface area contributed by atoms with E-state index in [0.29, 0.717) is 13.1 Å². The minimum Gasteiger partial charge on any atom is -0.372 e. The number of carbonyl (C=O) groups is 1. The van der Waals surface area contributed by atoms with Crippen molar-refractivity contribution in [3.63, 3.8) is 0 Å². The summed E-state index contributed by atoms with van der Waals surface area (Å²) in [6.45, 7) is 5.45. The number of hydrazine groups is 1. The van der Waals surface area contributed by atoms with Crippen molar-refractivity contribution in [2.45, 2.75) is 50.2 Å². The van der Waals surface area contributed by atoms with Gasteiger partial charge in [0.05, 0.1) is 28.2 Å². The fourth-order valence-corrected chi connectivity index (χ4v) is 7.04. The molecule has 0 unspecified atom stereocenters. The van der Waals surface area contributed by atoms with Crippen LogP contribution in [0.15, 0.2) is 29.4 Å². The Morgan fingerprint density at radius 1 is 1.24 bits per heavy atom. The fourth-order valence-electron chi connectivity index (χ4n) is 5.09. The average Bonchev–Trinajstić information content (AvgIpc) is 3.41. The van der Waals surface area contributed by atoms with E-state index in [0.717, 1.165) is 51.6 Å². The summed E-state index contributed by atoms with van der Waals surface area (Å²) in [7, 11) is 0. The highest BCUT2D eigenvalue weighted by Gasteiger charge is 2.34. The average molecular weight is 483 g/mol. The maximum atomic E-state index is 13.3. The number of amides is 1. The smallest absolute Gasteiger partial charge is 0.226 e. The van der Waals surface area contributed by atoms with Gasteiger partial charge in [0, 0.05) is 29.6 Å². The molecule has 1 saturated heterocycles. The third-order valence-electron chi connectivity index (χ3n) is 6.52. The number of morpholine rings is 1. The molecule has 0 radical (unpaired) electrons. The number of hydrogen-bond acceptors (Lipinski definition) is 9. The molecule has 3 N–H and O–H groups in total. The van der Waals surface area contributed by atoms with E-state index in [4.69, 9.17) is 4.74 Å². The second-order valence-corrected chi connectivity index (χ2v) is 10.9. The van der Waals surface area contributed by atoms with Crippen LogP contribution in [-0.4, -0.2) is 46.1 Å². The maximum absolute atomic E-state index is 13.3. The van der Waals surface area contributed by atoms with Crippen molar-refractivity contribution in [3.05, 3.63) is 35.0 Å². The Labute approximate surface area is 200 Å². The van der Waals surface area contributed by atoms with E-state index in [1.807, 2.05) is 24.8 Å². The molecular formula is C23H26N6O2S2. The standard InChI is InChI=1S/C23H26N6O2S2/c1-12-9-29(10-13(2)31-12)23(30)14-3-5-16-18(7-14)32-22-20(16)21(24-11-25-22)26-15-4-6-17-19(8-15)33-28-27-17/h4,6,8,11-14,27-28H,3,5,7,9-10H2,1-2H3,(H,24,25,26)/t12-,13+,14-/m0/s1. The molecular weight excluding hydrogens is 456 g/mol. The van der Waals surface area contributed by atoms with Crippen molar-refractivity contribution in [1.82, 2.24) is 19.7 Å². The molecule has 8 nitrogen and oxygen atoms in total. The lowest BCUT2D eigenvalue weighted by Gasteiger charge is -2.37. The number of aromatic nitrogens is 2. The first-order valence-corrected chi connectivity index (χ1v) is 13.0. The van der Waals surface area contributed by atoms with Gasteiger partial charge in [-0.25, -0.2) is 9.97 Å². The molecule has 2 aromatic heterocycles. The van der Waals surface area contributed by atoms with Gasteiger partial charge in [0.2, 0.25) is 5.91 Å². The lowest BCUT2D eigenvalue weighted by Crippen LogP contribution is -2.50. The molecule has 2 aliphatic heterocycles. The number of rotatable bonds is 3. The molecule has 6 rings (SSSR count). The zero-order valence-electron chi connectivity index (χ0n) is 18.6. The molecule has 4 heterocycles. The van der Waals surface area contributed by atoms with Crippen LogP contribution in [0.1, 0.15) is 30.7 Å². The third kappa shape index (κ3) is 3.95. The van der Waals surface area contributed by atoms with Crippen molar-refractivity contribution >= 4 is 56.6 Å². The summed E-state index contributed by atoms with van der Waals surface area (Å²) in [6, 6.07) is 6.21. The number of nitrogens with zero attached hydrogens (tertiary/aromatic N) is 3. The SMILES string of the molecule is C[C@@H]1CN(C(=O)[C@H]2CCc3c(sc4ncnc(Nc5ccc6c(c5)SNN6)c34)C2)C[C@H](C)O1. The molecule has 0 bridgehead atoms. The topological polar surface area (TPSA) is 91.4 Å². The van der Waals surface area contributed by atoms with Crippen LogP contribution < -0.4 is 15.6 Å². The summed E-state index contributed by atoms with van der Waals surface area (Å²) >= 11 is 3.26. The summed E-state index contributed by atoms with van der Waals surface area (Å²) in [5.74, 6) is 1.13. The minimum absolute atomic E-state index is 0.0289. The first-order valence-electron chi connectivity index (χ1n) is 11.3. The molecule has 3 atom stereocenters. The van der Waals surface area contributed by atoms with E-state index in [-0.39, 0.29) is 24.0 Å². The van der Waals surface area contributed by atoms with Crippen LogP contribution in [0.25, 0.3) is 10.2 Å². The second kappa shape index (κ2) is 8.43. The van der Waals surface area contributed by atoms with E-state index in [9.17, 15) is 4.79 Å². The first kappa shape index (κ1) is 21.2. The van der Waals surface area contributed by atoms with Gasteiger partial charge in [-0.1, -0.05) is 0 Å². The van der Waals surface area contributed by atoms with Crippen LogP contribution in [0.3, 0.4) is 0 Å². The number of fused-ring (bicyclic) bond motifs is 4. The van der Waals surface area contributed by atoms with Crippen molar-refractivity contribution in [1.29, 1.82) is 0 Å². The van der Waals surface area contributed by atoms with Gasteiger partial charge in [0.25, 0.3) is 0 Å². The highest BCUT2D eigenvalue weighted by Crippen LogP contribution is 2.41.